The molecular formula is C13H15N5O2S. The van der Waals surface area contributed by atoms with E-state index in [1.54, 1.807) is 26.1 Å². The molecule has 2 rings (SSSR count). The van der Waals surface area contributed by atoms with E-state index in [0.717, 1.165) is 0 Å². The molecule has 0 saturated heterocycles. The van der Waals surface area contributed by atoms with Gasteiger partial charge in [0, 0.05) is 12.6 Å². The van der Waals surface area contributed by atoms with Gasteiger partial charge >= 0.3 is 0 Å². The lowest BCUT2D eigenvalue weighted by molar-refractivity contribution is 0.599. The topological polar surface area (TPSA) is 103 Å². The summed E-state index contributed by atoms with van der Waals surface area (Å²) >= 11 is 0. The van der Waals surface area contributed by atoms with Crippen molar-refractivity contribution < 1.29 is 8.42 Å². The molecule has 3 N–H and O–H groups in total. The Labute approximate surface area is 123 Å². The highest BCUT2D eigenvalue weighted by Gasteiger charge is 2.19. The Morgan fingerprint density at radius 3 is 2.81 bits per heavy atom. The third kappa shape index (κ3) is 3.39. The van der Waals surface area contributed by atoms with Gasteiger partial charge in [0.25, 0.3) is 10.0 Å². The summed E-state index contributed by atoms with van der Waals surface area (Å²) in [6.07, 6.45) is 1.27. The Morgan fingerprint density at radius 1 is 1.43 bits per heavy atom. The van der Waals surface area contributed by atoms with Gasteiger partial charge in [-0.25, -0.2) is 17.8 Å². The lowest BCUT2D eigenvalue weighted by Gasteiger charge is -2.09. The van der Waals surface area contributed by atoms with E-state index in [0.29, 0.717) is 11.1 Å². The Bertz CT molecular complexity index is 815. The van der Waals surface area contributed by atoms with Gasteiger partial charge in [-0.05, 0) is 24.6 Å². The van der Waals surface area contributed by atoms with Crippen molar-refractivity contribution in [2.75, 3.05) is 11.3 Å². The summed E-state index contributed by atoms with van der Waals surface area (Å²) in [5.41, 5.74) is 6.52. The first kappa shape index (κ1) is 15.0. The molecule has 0 atom stereocenters. The normalized spacial score (nSPS) is 10.8. The molecular weight excluding hydrogens is 290 g/mol. The average Bonchev–Trinajstić information content (AvgIpc) is 2.82. The standard InChI is InChI=1S/C13H15N5O2S/c1-10-5-6-11(4-3-7-14)8-12(10)21(19,20)17-13-15-9-16-18(13)2/h5-6,8-9H,7,14H2,1-2H3,(H,15,16,17). The molecule has 0 radical (unpaired) electrons. The van der Waals surface area contributed by atoms with E-state index in [2.05, 4.69) is 26.6 Å². The Morgan fingerprint density at radius 2 is 2.19 bits per heavy atom. The maximum Gasteiger partial charge on any atom is 0.264 e. The molecule has 1 aromatic carbocycles. The average molecular weight is 305 g/mol. The summed E-state index contributed by atoms with van der Waals surface area (Å²) in [6, 6.07) is 4.96. The first-order valence-electron chi connectivity index (χ1n) is 6.10. The minimum absolute atomic E-state index is 0.146. The summed E-state index contributed by atoms with van der Waals surface area (Å²) in [5, 5.41) is 3.82. The summed E-state index contributed by atoms with van der Waals surface area (Å²) < 4.78 is 28.6. The SMILES string of the molecule is Cc1ccc(C#CCN)cc1S(=O)(=O)Nc1ncnn1C. The van der Waals surface area contributed by atoms with Gasteiger partial charge in [-0.1, -0.05) is 17.9 Å². The van der Waals surface area contributed by atoms with Gasteiger partial charge in [0.15, 0.2) is 0 Å². The number of aryl methyl sites for hydroxylation is 2. The molecule has 0 bridgehead atoms. The summed E-state index contributed by atoms with van der Waals surface area (Å²) in [7, 11) is -2.16. The van der Waals surface area contributed by atoms with Crippen molar-refractivity contribution in [2.24, 2.45) is 12.8 Å². The van der Waals surface area contributed by atoms with Crippen LogP contribution in [0.2, 0.25) is 0 Å². The van der Waals surface area contributed by atoms with Crippen LogP contribution in [0.4, 0.5) is 5.95 Å². The van der Waals surface area contributed by atoms with Crippen LogP contribution < -0.4 is 10.5 Å². The number of nitrogens with zero attached hydrogens (tertiary/aromatic N) is 3. The second-order valence-corrected chi connectivity index (χ2v) is 5.95. The molecule has 0 aliphatic carbocycles. The molecule has 0 fully saturated rings. The summed E-state index contributed by atoms with van der Waals surface area (Å²) in [5.74, 6) is 5.65. The highest BCUT2D eigenvalue weighted by atomic mass is 32.2. The van der Waals surface area contributed by atoms with Crippen LogP contribution >= 0.6 is 0 Å². The minimum Gasteiger partial charge on any atom is -0.320 e. The minimum atomic E-state index is -3.76. The van der Waals surface area contributed by atoms with Crippen LogP contribution in [-0.4, -0.2) is 29.7 Å². The van der Waals surface area contributed by atoms with Gasteiger partial charge < -0.3 is 5.73 Å². The molecule has 0 spiro atoms. The zero-order chi connectivity index (χ0) is 15.5. The molecule has 110 valence electrons. The van der Waals surface area contributed by atoms with Crippen LogP contribution in [0.3, 0.4) is 0 Å². The number of nitrogens with one attached hydrogen (secondary N) is 1. The van der Waals surface area contributed by atoms with E-state index in [9.17, 15) is 8.42 Å². The predicted octanol–water partition coefficient (Wildman–Crippen LogP) is 0.235. The molecule has 7 nitrogen and oxygen atoms in total. The molecule has 0 aliphatic heterocycles. The maximum atomic E-state index is 12.4. The van der Waals surface area contributed by atoms with E-state index in [4.69, 9.17) is 5.73 Å². The van der Waals surface area contributed by atoms with Crippen molar-refractivity contribution in [1.29, 1.82) is 0 Å². The van der Waals surface area contributed by atoms with Crippen LogP contribution in [0.5, 0.6) is 0 Å². The molecule has 0 saturated carbocycles. The largest absolute Gasteiger partial charge is 0.320 e. The van der Waals surface area contributed by atoms with Crippen LogP contribution in [0, 0.1) is 18.8 Å². The molecule has 0 unspecified atom stereocenters. The molecule has 2 aromatic rings. The maximum absolute atomic E-state index is 12.4. The van der Waals surface area contributed by atoms with E-state index in [1.807, 2.05) is 0 Å². The zero-order valence-electron chi connectivity index (χ0n) is 11.7. The number of sulfonamides is 1. The first-order valence-corrected chi connectivity index (χ1v) is 7.59. The van der Waals surface area contributed by atoms with E-state index in [1.165, 1.54) is 17.1 Å². The van der Waals surface area contributed by atoms with Gasteiger partial charge in [-0.15, -0.1) is 0 Å². The quantitative estimate of drug-likeness (QED) is 0.790. The second kappa shape index (κ2) is 5.95. The third-order valence-electron chi connectivity index (χ3n) is 2.75. The van der Waals surface area contributed by atoms with Gasteiger partial charge in [0.1, 0.15) is 6.33 Å². The monoisotopic (exact) mass is 305 g/mol. The molecule has 21 heavy (non-hydrogen) atoms. The fraction of sp³-hybridized carbons (Fsp3) is 0.231. The fourth-order valence-corrected chi connectivity index (χ4v) is 2.99. The number of hydrogen-bond donors (Lipinski definition) is 2. The highest BCUT2D eigenvalue weighted by molar-refractivity contribution is 7.92. The van der Waals surface area contributed by atoms with E-state index < -0.39 is 10.0 Å². The van der Waals surface area contributed by atoms with Crippen molar-refractivity contribution in [3.05, 3.63) is 35.7 Å². The van der Waals surface area contributed by atoms with Crippen molar-refractivity contribution >= 4 is 16.0 Å². The van der Waals surface area contributed by atoms with Crippen molar-refractivity contribution in [3.63, 3.8) is 0 Å². The fourth-order valence-electron chi connectivity index (χ4n) is 1.68. The van der Waals surface area contributed by atoms with Crippen molar-refractivity contribution in [3.8, 4) is 11.8 Å². The molecule has 1 aromatic heterocycles. The van der Waals surface area contributed by atoms with Gasteiger partial charge in [0.05, 0.1) is 11.4 Å². The Hall–Kier alpha value is -2.37. The Balaban J connectivity index is 2.42. The summed E-state index contributed by atoms with van der Waals surface area (Å²) in [4.78, 5) is 3.99. The molecule has 0 amide bonds. The van der Waals surface area contributed by atoms with Crippen molar-refractivity contribution in [2.45, 2.75) is 11.8 Å². The van der Waals surface area contributed by atoms with Crippen LogP contribution in [0.25, 0.3) is 0 Å². The third-order valence-corrected chi connectivity index (χ3v) is 4.22. The lowest BCUT2D eigenvalue weighted by atomic mass is 10.1. The number of hydrogen-bond acceptors (Lipinski definition) is 5. The number of nitrogens with two attached hydrogens (primary N) is 1. The van der Waals surface area contributed by atoms with Gasteiger partial charge in [0.2, 0.25) is 5.95 Å². The number of rotatable bonds is 3. The van der Waals surface area contributed by atoms with Crippen LogP contribution in [-0.2, 0) is 17.1 Å². The Kier molecular flexibility index (Phi) is 4.26. The van der Waals surface area contributed by atoms with Crippen LogP contribution in [0.1, 0.15) is 11.1 Å². The van der Waals surface area contributed by atoms with Crippen molar-refractivity contribution in [1.82, 2.24) is 14.8 Å². The molecule has 8 heteroatoms. The van der Waals surface area contributed by atoms with Crippen LogP contribution in [0.15, 0.2) is 29.4 Å². The zero-order valence-corrected chi connectivity index (χ0v) is 12.5. The number of anilines is 1. The molecule has 1 heterocycles. The summed E-state index contributed by atoms with van der Waals surface area (Å²) in [6.45, 7) is 1.93. The number of benzene rings is 1. The highest BCUT2D eigenvalue weighted by Crippen LogP contribution is 2.19. The smallest absolute Gasteiger partial charge is 0.264 e. The molecule has 0 aliphatic rings. The lowest BCUT2D eigenvalue weighted by Crippen LogP contribution is -2.17. The van der Waals surface area contributed by atoms with E-state index in [-0.39, 0.29) is 17.4 Å². The predicted molar refractivity (Wildman–Crippen MR) is 78.9 cm³/mol. The van der Waals surface area contributed by atoms with E-state index >= 15 is 0 Å². The second-order valence-electron chi connectivity index (χ2n) is 4.30. The number of aromatic nitrogens is 3. The van der Waals surface area contributed by atoms with Gasteiger partial charge in [-0.2, -0.15) is 10.1 Å². The first-order chi connectivity index (χ1) is 9.94. The van der Waals surface area contributed by atoms with Gasteiger partial charge in [-0.3, -0.25) is 0 Å².